The Morgan fingerprint density at radius 2 is 1.83 bits per heavy atom. The average Bonchev–Trinajstić information content (AvgIpc) is 3.22. The lowest BCUT2D eigenvalue weighted by Gasteiger charge is -2.34. The van der Waals surface area contributed by atoms with E-state index in [0.29, 0.717) is 24.3 Å². The minimum absolute atomic E-state index is 0.172. The summed E-state index contributed by atoms with van der Waals surface area (Å²) >= 11 is 0. The second-order valence-corrected chi connectivity index (χ2v) is 6.95. The van der Waals surface area contributed by atoms with E-state index in [0.717, 1.165) is 36.7 Å². The van der Waals surface area contributed by atoms with Gasteiger partial charge in [0.05, 0.1) is 12.7 Å². The van der Waals surface area contributed by atoms with Crippen LogP contribution in [0.2, 0.25) is 0 Å². The molecule has 0 spiro atoms. The molecule has 4 rings (SSSR count). The Labute approximate surface area is 168 Å². The maximum absolute atomic E-state index is 12.6. The summed E-state index contributed by atoms with van der Waals surface area (Å²) in [6.07, 6.45) is 0. The molecule has 0 bridgehead atoms. The molecule has 1 N–H and O–H groups in total. The van der Waals surface area contributed by atoms with Crippen molar-refractivity contribution in [3.8, 4) is 11.5 Å². The first-order valence-electron chi connectivity index (χ1n) is 9.47. The van der Waals surface area contributed by atoms with E-state index < -0.39 is 5.97 Å². The predicted molar refractivity (Wildman–Crippen MR) is 106 cm³/mol. The first-order chi connectivity index (χ1) is 14.1. The highest BCUT2D eigenvalue weighted by Gasteiger charge is 2.22. The number of carbonyl (C=O) groups is 2. The van der Waals surface area contributed by atoms with Crippen LogP contribution in [0.15, 0.2) is 42.5 Å². The van der Waals surface area contributed by atoms with E-state index in [1.807, 2.05) is 18.2 Å². The van der Waals surface area contributed by atoms with Crippen LogP contribution in [0.5, 0.6) is 11.5 Å². The Kier molecular flexibility index (Phi) is 5.53. The monoisotopic (exact) mass is 397 g/mol. The zero-order valence-electron chi connectivity index (χ0n) is 16.2. The van der Waals surface area contributed by atoms with Crippen molar-refractivity contribution in [1.29, 1.82) is 0 Å². The molecule has 0 saturated carbocycles. The van der Waals surface area contributed by atoms with Gasteiger partial charge in [-0.25, -0.2) is 9.59 Å². The minimum atomic E-state index is -0.432. The van der Waals surface area contributed by atoms with Gasteiger partial charge < -0.3 is 24.4 Å². The Balaban J connectivity index is 1.29. The summed E-state index contributed by atoms with van der Waals surface area (Å²) in [7, 11) is 1.33. The number of carbonyl (C=O) groups excluding carboxylic acids is 2. The van der Waals surface area contributed by atoms with Gasteiger partial charge in [-0.15, -0.1) is 0 Å². The number of hydrogen-bond acceptors (Lipinski definition) is 6. The molecule has 2 heterocycles. The highest BCUT2D eigenvalue weighted by Crippen LogP contribution is 2.32. The predicted octanol–water partition coefficient (Wildman–Crippen LogP) is 2.55. The largest absolute Gasteiger partial charge is 0.465 e. The SMILES string of the molecule is COC(=O)c1cccc(NC(=O)N2CCN(Cc3ccc4c(c3)OCO4)CC2)c1. The van der Waals surface area contributed by atoms with Gasteiger partial charge in [-0.3, -0.25) is 4.90 Å². The minimum Gasteiger partial charge on any atom is -0.465 e. The summed E-state index contributed by atoms with van der Waals surface area (Å²) in [4.78, 5) is 28.3. The van der Waals surface area contributed by atoms with Gasteiger partial charge in [0.1, 0.15) is 0 Å². The van der Waals surface area contributed by atoms with E-state index >= 15 is 0 Å². The Morgan fingerprint density at radius 3 is 2.62 bits per heavy atom. The standard InChI is InChI=1S/C21H23N3O5/c1-27-20(25)16-3-2-4-17(12-16)22-21(26)24-9-7-23(8-10-24)13-15-5-6-18-19(11-15)29-14-28-18/h2-6,11-12H,7-10,13-14H2,1H3,(H,22,26). The molecule has 1 fully saturated rings. The van der Waals surface area contributed by atoms with Gasteiger partial charge in [0.2, 0.25) is 6.79 Å². The summed E-state index contributed by atoms with van der Waals surface area (Å²) in [5.41, 5.74) is 2.13. The molecular weight excluding hydrogens is 374 g/mol. The second-order valence-electron chi connectivity index (χ2n) is 6.95. The Hall–Kier alpha value is -3.26. The van der Waals surface area contributed by atoms with Crippen LogP contribution in [0, 0.1) is 0 Å². The number of benzene rings is 2. The van der Waals surface area contributed by atoms with Crippen molar-refractivity contribution in [1.82, 2.24) is 9.80 Å². The van der Waals surface area contributed by atoms with Crippen LogP contribution in [-0.2, 0) is 11.3 Å². The maximum Gasteiger partial charge on any atom is 0.337 e. The van der Waals surface area contributed by atoms with Crippen molar-refractivity contribution >= 4 is 17.7 Å². The number of methoxy groups -OCH3 is 1. The molecule has 8 nitrogen and oxygen atoms in total. The molecule has 2 aromatic carbocycles. The fraction of sp³-hybridized carbons (Fsp3) is 0.333. The Bertz CT molecular complexity index is 909. The Morgan fingerprint density at radius 1 is 1.03 bits per heavy atom. The third-order valence-electron chi connectivity index (χ3n) is 5.04. The molecule has 2 aliphatic heterocycles. The fourth-order valence-electron chi connectivity index (χ4n) is 3.45. The van der Waals surface area contributed by atoms with Crippen LogP contribution in [0.25, 0.3) is 0 Å². The van der Waals surface area contributed by atoms with Gasteiger partial charge in [-0.2, -0.15) is 0 Å². The number of amides is 2. The lowest BCUT2D eigenvalue weighted by molar-refractivity contribution is 0.0600. The number of fused-ring (bicyclic) bond motifs is 1. The van der Waals surface area contributed by atoms with Crippen LogP contribution in [-0.4, -0.2) is 61.9 Å². The van der Waals surface area contributed by atoms with Crippen LogP contribution in [0.1, 0.15) is 15.9 Å². The fourth-order valence-corrected chi connectivity index (χ4v) is 3.45. The molecule has 2 aromatic rings. The quantitative estimate of drug-likeness (QED) is 0.799. The summed E-state index contributed by atoms with van der Waals surface area (Å²) in [5, 5.41) is 2.85. The molecule has 2 aliphatic rings. The lowest BCUT2D eigenvalue weighted by atomic mass is 10.1. The number of anilines is 1. The second kappa shape index (κ2) is 8.40. The number of esters is 1. The van der Waals surface area contributed by atoms with Crippen LogP contribution in [0.3, 0.4) is 0 Å². The molecule has 8 heteroatoms. The lowest BCUT2D eigenvalue weighted by Crippen LogP contribution is -2.49. The van der Waals surface area contributed by atoms with Crippen molar-refractivity contribution in [3.63, 3.8) is 0 Å². The highest BCUT2D eigenvalue weighted by molar-refractivity contribution is 5.93. The number of urea groups is 1. The maximum atomic E-state index is 12.6. The zero-order valence-corrected chi connectivity index (χ0v) is 16.2. The van der Waals surface area contributed by atoms with E-state index in [1.165, 1.54) is 7.11 Å². The first-order valence-corrected chi connectivity index (χ1v) is 9.47. The number of rotatable bonds is 4. The van der Waals surface area contributed by atoms with Crippen molar-refractivity contribution in [2.75, 3.05) is 45.4 Å². The molecular formula is C21H23N3O5. The van der Waals surface area contributed by atoms with Crippen molar-refractivity contribution in [2.24, 2.45) is 0 Å². The van der Waals surface area contributed by atoms with Gasteiger partial charge in [-0.1, -0.05) is 12.1 Å². The van der Waals surface area contributed by atoms with E-state index in [1.54, 1.807) is 29.2 Å². The number of piperazine rings is 1. The third-order valence-corrected chi connectivity index (χ3v) is 5.04. The highest BCUT2D eigenvalue weighted by atomic mass is 16.7. The van der Waals surface area contributed by atoms with Crippen LogP contribution >= 0.6 is 0 Å². The normalized spacial score (nSPS) is 15.8. The van der Waals surface area contributed by atoms with E-state index in [-0.39, 0.29) is 12.8 Å². The number of nitrogens with one attached hydrogen (secondary N) is 1. The van der Waals surface area contributed by atoms with Crippen LogP contribution in [0.4, 0.5) is 10.5 Å². The van der Waals surface area contributed by atoms with Gasteiger partial charge >= 0.3 is 12.0 Å². The molecule has 0 radical (unpaired) electrons. The number of ether oxygens (including phenoxy) is 3. The van der Waals surface area contributed by atoms with E-state index in [2.05, 4.69) is 10.2 Å². The molecule has 0 aliphatic carbocycles. The van der Waals surface area contributed by atoms with Crippen molar-refractivity contribution < 1.29 is 23.8 Å². The third kappa shape index (κ3) is 4.43. The smallest absolute Gasteiger partial charge is 0.337 e. The summed E-state index contributed by atoms with van der Waals surface area (Å²) in [6, 6.07) is 12.5. The van der Waals surface area contributed by atoms with Gasteiger partial charge in [0.15, 0.2) is 11.5 Å². The molecule has 0 atom stereocenters. The number of nitrogens with zero attached hydrogens (tertiary/aromatic N) is 2. The van der Waals surface area contributed by atoms with Crippen LogP contribution < -0.4 is 14.8 Å². The summed E-state index contributed by atoms with van der Waals surface area (Å²) < 4.78 is 15.5. The zero-order chi connectivity index (χ0) is 20.2. The molecule has 2 amide bonds. The molecule has 0 unspecified atom stereocenters. The summed E-state index contributed by atoms with van der Waals surface area (Å²) in [6.45, 7) is 3.90. The van der Waals surface area contributed by atoms with Gasteiger partial charge in [0.25, 0.3) is 0 Å². The van der Waals surface area contributed by atoms with Gasteiger partial charge in [0, 0.05) is 38.4 Å². The van der Waals surface area contributed by atoms with Crippen molar-refractivity contribution in [2.45, 2.75) is 6.54 Å². The van der Waals surface area contributed by atoms with E-state index in [4.69, 9.17) is 14.2 Å². The molecule has 29 heavy (non-hydrogen) atoms. The van der Waals surface area contributed by atoms with Gasteiger partial charge in [-0.05, 0) is 35.9 Å². The van der Waals surface area contributed by atoms with Crippen molar-refractivity contribution in [3.05, 3.63) is 53.6 Å². The summed E-state index contributed by atoms with van der Waals surface area (Å²) in [5.74, 6) is 1.14. The topological polar surface area (TPSA) is 80.3 Å². The first kappa shape index (κ1) is 19.1. The van der Waals surface area contributed by atoms with E-state index in [9.17, 15) is 9.59 Å². The average molecular weight is 397 g/mol. The molecule has 1 saturated heterocycles. The number of hydrogen-bond donors (Lipinski definition) is 1. The molecule has 152 valence electrons. The molecule has 0 aromatic heterocycles.